The lowest BCUT2D eigenvalue weighted by Gasteiger charge is -2.34. The van der Waals surface area contributed by atoms with Gasteiger partial charge in [0.25, 0.3) is 0 Å². The second-order valence-electron chi connectivity index (χ2n) is 5.00. The Labute approximate surface area is 98.3 Å². The van der Waals surface area contributed by atoms with E-state index in [0.29, 0.717) is 0 Å². The molecule has 0 saturated carbocycles. The van der Waals surface area contributed by atoms with Gasteiger partial charge in [0.2, 0.25) is 5.91 Å². The highest BCUT2D eigenvalue weighted by Crippen LogP contribution is 2.20. The molecule has 4 heteroatoms. The summed E-state index contributed by atoms with van der Waals surface area (Å²) in [7, 11) is 1.87. The third-order valence-electron chi connectivity index (χ3n) is 3.31. The van der Waals surface area contributed by atoms with E-state index in [9.17, 15) is 4.79 Å². The monoisotopic (exact) mass is 228 g/mol. The van der Waals surface area contributed by atoms with Gasteiger partial charge in [0.05, 0.1) is 17.7 Å². The Morgan fingerprint density at radius 1 is 1.56 bits per heavy atom. The van der Waals surface area contributed by atoms with Crippen molar-refractivity contribution in [2.75, 3.05) is 20.2 Å². The lowest BCUT2D eigenvalue weighted by Crippen LogP contribution is -2.56. The summed E-state index contributed by atoms with van der Waals surface area (Å²) in [6.45, 7) is 9.44. The zero-order chi connectivity index (χ0) is 12.3. The lowest BCUT2D eigenvalue weighted by molar-refractivity contribution is -0.138. The summed E-state index contributed by atoms with van der Waals surface area (Å²) in [5.74, 6) is 0.136. The number of rotatable bonds is 4. The Morgan fingerprint density at radius 3 is 2.62 bits per heavy atom. The van der Waals surface area contributed by atoms with Gasteiger partial charge in [-0.3, -0.25) is 4.79 Å². The third kappa shape index (κ3) is 2.74. The van der Waals surface area contributed by atoms with E-state index in [0.717, 1.165) is 19.6 Å². The van der Waals surface area contributed by atoms with Crippen LogP contribution in [0, 0.1) is 0 Å². The first-order valence-corrected chi connectivity index (χ1v) is 6.04. The molecule has 16 heavy (non-hydrogen) atoms. The van der Waals surface area contributed by atoms with Crippen molar-refractivity contribution in [3.8, 4) is 0 Å². The fourth-order valence-electron chi connectivity index (χ4n) is 2.34. The highest BCUT2D eigenvalue weighted by Gasteiger charge is 2.36. The first-order valence-electron chi connectivity index (χ1n) is 6.04. The number of hydrogen-bond donors (Lipinski definition) is 1. The maximum atomic E-state index is 12.3. The van der Waals surface area contributed by atoms with Crippen molar-refractivity contribution >= 4 is 5.91 Å². The number of nitrogens with one attached hydrogen (secondary N) is 1. The zero-order valence-corrected chi connectivity index (χ0v) is 11.0. The molecule has 1 heterocycles. The Bertz CT molecular complexity index is 253. The maximum absolute atomic E-state index is 12.3. The van der Waals surface area contributed by atoms with E-state index in [-0.39, 0.29) is 18.1 Å². The fourth-order valence-corrected chi connectivity index (χ4v) is 2.34. The second kappa shape index (κ2) is 5.15. The summed E-state index contributed by atoms with van der Waals surface area (Å²) >= 11 is 0. The SMILES string of the molecule is CCNC(C)(C)C(=O)N(C)C1CCOC1C. The number of amides is 1. The van der Waals surface area contributed by atoms with E-state index in [2.05, 4.69) is 5.32 Å². The van der Waals surface area contributed by atoms with Crippen LogP contribution in [0.1, 0.15) is 34.1 Å². The summed E-state index contributed by atoms with van der Waals surface area (Å²) in [5.41, 5.74) is -0.494. The number of carbonyl (C=O) groups is 1. The molecular formula is C12H24N2O2. The Kier molecular flexibility index (Phi) is 4.33. The van der Waals surface area contributed by atoms with Gasteiger partial charge in [-0.1, -0.05) is 6.92 Å². The van der Waals surface area contributed by atoms with Gasteiger partial charge in [-0.2, -0.15) is 0 Å². The molecule has 2 unspecified atom stereocenters. The van der Waals surface area contributed by atoms with Crippen LogP contribution < -0.4 is 5.32 Å². The number of ether oxygens (including phenoxy) is 1. The number of hydrogen-bond acceptors (Lipinski definition) is 3. The van der Waals surface area contributed by atoms with Crippen molar-refractivity contribution in [3.63, 3.8) is 0 Å². The Balaban J connectivity index is 2.66. The predicted molar refractivity (Wildman–Crippen MR) is 64.3 cm³/mol. The van der Waals surface area contributed by atoms with Crippen LogP contribution in [0.25, 0.3) is 0 Å². The topological polar surface area (TPSA) is 41.6 Å². The zero-order valence-electron chi connectivity index (χ0n) is 11.0. The van der Waals surface area contributed by atoms with Crippen molar-refractivity contribution in [2.45, 2.75) is 51.8 Å². The van der Waals surface area contributed by atoms with Gasteiger partial charge < -0.3 is 15.0 Å². The molecule has 4 nitrogen and oxygen atoms in total. The van der Waals surface area contributed by atoms with Crippen LogP contribution in [-0.4, -0.2) is 48.7 Å². The van der Waals surface area contributed by atoms with Crippen molar-refractivity contribution in [2.24, 2.45) is 0 Å². The molecule has 94 valence electrons. The highest BCUT2D eigenvalue weighted by molar-refractivity contribution is 5.85. The molecule has 0 bridgehead atoms. The molecule has 0 aromatic carbocycles. The van der Waals surface area contributed by atoms with Gasteiger partial charge >= 0.3 is 0 Å². The van der Waals surface area contributed by atoms with E-state index in [4.69, 9.17) is 4.74 Å². The van der Waals surface area contributed by atoms with Gasteiger partial charge in [0.1, 0.15) is 0 Å². The van der Waals surface area contributed by atoms with Crippen LogP contribution in [0.15, 0.2) is 0 Å². The lowest BCUT2D eigenvalue weighted by atomic mass is 10.0. The normalized spacial score (nSPS) is 25.8. The molecule has 1 saturated heterocycles. The van der Waals surface area contributed by atoms with Crippen LogP contribution in [-0.2, 0) is 9.53 Å². The average molecular weight is 228 g/mol. The van der Waals surface area contributed by atoms with E-state index < -0.39 is 5.54 Å². The molecule has 0 aliphatic carbocycles. The number of nitrogens with zero attached hydrogens (tertiary/aromatic N) is 1. The first-order chi connectivity index (χ1) is 7.40. The standard InChI is InChI=1S/C12H24N2O2/c1-6-13-12(3,4)11(15)14(5)10-7-8-16-9(10)2/h9-10,13H,6-8H2,1-5H3. The van der Waals surface area contributed by atoms with Gasteiger partial charge in [0, 0.05) is 13.7 Å². The van der Waals surface area contributed by atoms with Gasteiger partial charge in [0.15, 0.2) is 0 Å². The number of likely N-dealkylation sites (N-methyl/N-ethyl adjacent to an activating group) is 2. The van der Waals surface area contributed by atoms with E-state index in [1.807, 2.05) is 39.6 Å². The number of carbonyl (C=O) groups excluding carboxylic acids is 1. The van der Waals surface area contributed by atoms with Crippen LogP contribution >= 0.6 is 0 Å². The molecular weight excluding hydrogens is 204 g/mol. The maximum Gasteiger partial charge on any atom is 0.242 e. The molecule has 1 amide bonds. The molecule has 1 fully saturated rings. The summed E-state index contributed by atoms with van der Waals surface area (Å²) in [6, 6.07) is 0.213. The minimum absolute atomic E-state index is 0.136. The molecule has 0 aromatic heterocycles. The quantitative estimate of drug-likeness (QED) is 0.781. The highest BCUT2D eigenvalue weighted by atomic mass is 16.5. The molecule has 1 aliphatic heterocycles. The van der Waals surface area contributed by atoms with Gasteiger partial charge in [-0.15, -0.1) is 0 Å². The molecule has 0 spiro atoms. The van der Waals surface area contributed by atoms with E-state index in [1.165, 1.54) is 0 Å². The van der Waals surface area contributed by atoms with Crippen LogP contribution in [0.4, 0.5) is 0 Å². The Hall–Kier alpha value is -0.610. The van der Waals surface area contributed by atoms with Crippen LogP contribution in [0.3, 0.4) is 0 Å². The van der Waals surface area contributed by atoms with Crippen molar-refractivity contribution in [1.82, 2.24) is 10.2 Å². The van der Waals surface area contributed by atoms with Gasteiger partial charge in [-0.05, 0) is 33.7 Å². The molecule has 1 N–H and O–H groups in total. The first kappa shape index (κ1) is 13.5. The predicted octanol–water partition coefficient (Wildman–Crippen LogP) is 1.01. The summed E-state index contributed by atoms with van der Waals surface area (Å²) in [5, 5.41) is 3.21. The third-order valence-corrected chi connectivity index (χ3v) is 3.31. The summed E-state index contributed by atoms with van der Waals surface area (Å²) < 4.78 is 5.50. The molecule has 0 radical (unpaired) electrons. The largest absolute Gasteiger partial charge is 0.376 e. The smallest absolute Gasteiger partial charge is 0.242 e. The summed E-state index contributed by atoms with van der Waals surface area (Å²) in [6.07, 6.45) is 1.08. The van der Waals surface area contributed by atoms with Crippen LogP contribution in [0.5, 0.6) is 0 Å². The second-order valence-corrected chi connectivity index (χ2v) is 5.00. The molecule has 1 aliphatic rings. The summed E-state index contributed by atoms with van der Waals surface area (Å²) in [4.78, 5) is 14.1. The fraction of sp³-hybridized carbons (Fsp3) is 0.917. The van der Waals surface area contributed by atoms with Crippen molar-refractivity contribution in [3.05, 3.63) is 0 Å². The molecule has 1 rings (SSSR count). The van der Waals surface area contributed by atoms with Gasteiger partial charge in [-0.25, -0.2) is 0 Å². The van der Waals surface area contributed by atoms with E-state index >= 15 is 0 Å². The Morgan fingerprint density at radius 2 is 2.19 bits per heavy atom. The van der Waals surface area contributed by atoms with Crippen molar-refractivity contribution < 1.29 is 9.53 Å². The molecule has 0 aromatic rings. The van der Waals surface area contributed by atoms with Crippen LogP contribution in [0.2, 0.25) is 0 Å². The molecule has 2 atom stereocenters. The van der Waals surface area contributed by atoms with E-state index in [1.54, 1.807) is 0 Å². The van der Waals surface area contributed by atoms with Crippen molar-refractivity contribution in [1.29, 1.82) is 0 Å². The minimum atomic E-state index is -0.494. The minimum Gasteiger partial charge on any atom is -0.376 e. The average Bonchev–Trinajstić information content (AvgIpc) is 2.62.